The first-order valence-electron chi connectivity index (χ1n) is 7.71. The number of halogens is 1. The van der Waals surface area contributed by atoms with Crippen LogP contribution in [0.2, 0.25) is 0 Å². The van der Waals surface area contributed by atoms with Crippen LogP contribution in [0.15, 0.2) is 24.3 Å². The number of nitrogens with one attached hydrogen (secondary N) is 2. The summed E-state index contributed by atoms with van der Waals surface area (Å²) in [6.07, 6.45) is 0. The topological polar surface area (TPSA) is 84.2 Å². The summed E-state index contributed by atoms with van der Waals surface area (Å²) in [5, 5.41) is 5.44. The van der Waals surface area contributed by atoms with Crippen molar-refractivity contribution >= 4 is 24.2 Å². The molecule has 0 radical (unpaired) electrons. The lowest BCUT2D eigenvalue weighted by Gasteiger charge is -2.23. The number of nitrogens with two attached hydrogens (primary N) is 1. The fourth-order valence-corrected chi connectivity index (χ4v) is 2.20. The van der Waals surface area contributed by atoms with Crippen molar-refractivity contribution in [2.45, 2.75) is 39.7 Å². The zero-order chi connectivity index (χ0) is 16.7. The molecule has 0 aliphatic rings. The molecule has 130 valence electrons. The maximum absolute atomic E-state index is 12.0. The quantitative estimate of drug-likeness (QED) is 0.710. The maximum Gasteiger partial charge on any atom is 0.239 e. The Balaban J connectivity index is 0.00000484. The van der Waals surface area contributed by atoms with Crippen LogP contribution in [0.1, 0.15) is 50.8 Å². The zero-order valence-corrected chi connectivity index (χ0v) is 15.1. The van der Waals surface area contributed by atoms with E-state index in [4.69, 9.17) is 5.73 Å². The van der Waals surface area contributed by atoms with Crippen LogP contribution < -0.4 is 16.4 Å². The van der Waals surface area contributed by atoms with Crippen LogP contribution in [0.4, 0.5) is 0 Å². The van der Waals surface area contributed by atoms with E-state index < -0.39 is 0 Å². The second kappa shape index (κ2) is 10.2. The predicted octanol–water partition coefficient (Wildman–Crippen LogP) is 2.12. The average molecular weight is 342 g/mol. The molecule has 5 nitrogen and oxygen atoms in total. The molecule has 1 rings (SSSR count). The van der Waals surface area contributed by atoms with Gasteiger partial charge in [-0.25, -0.2) is 0 Å². The Morgan fingerprint density at radius 3 is 1.96 bits per heavy atom. The van der Waals surface area contributed by atoms with Crippen LogP contribution in [-0.2, 0) is 9.59 Å². The molecule has 23 heavy (non-hydrogen) atoms. The SMILES string of the molecule is CC(C)c1ccc(C(NC(=O)CNC(=O)CN)C(C)C)cc1.Cl. The third-order valence-electron chi connectivity index (χ3n) is 3.58. The summed E-state index contributed by atoms with van der Waals surface area (Å²) >= 11 is 0. The fourth-order valence-electron chi connectivity index (χ4n) is 2.20. The summed E-state index contributed by atoms with van der Waals surface area (Å²) in [4.78, 5) is 23.1. The van der Waals surface area contributed by atoms with Crippen molar-refractivity contribution < 1.29 is 9.59 Å². The van der Waals surface area contributed by atoms with Crippen molar-refractivity contribution in [3.8, 4) is 0 Å². The molecule has 1 aromatic rings. The first-order chi connectivity index (χ1) is 10.3. The third-order valence-corrected chi connectivity index (χ3v) is 3.58. The highest BCUT2D eigenvalue weighted by Crippen LogP contribution is 2.23. The molecule has 0 aliphatic heterocycles. The van der Waals surface area contributed by atoms with Crippen molar-refractivity contribution in [3.05, 3.63) is 35.4 Å². The lowest BCUT2D eigenvalue weighted by atomic mass is 9.93. The molecule has 0 spiro atoms. The van der Waals surface area contributed by atoms with Crippen LogP contribution in [0, 0.1) is 5.92 Å². The minimum absolute atomic E-state index is 0. The Morgan fingerprint density at radius 1 is 1.00 bits per heavy atom. The summed E-state index contributed by atoms with van der Waals surface area (Å²) in [5.74, 6) is 0.178. The molecule has 0 aromatic heterocycles. The zero-order valence-electron chi connectivity index (χ0n) is 14.3. The normalized spacial score (nSPS) is 11.8. The summed E-state index contributed by atoms with van der Waals surface area (Å²) in [6.45, 7) is 8.24. The number of hydrogen-bond acceptors (Lipinski definition) is 3. The van der Waals surface area contributed by atoms with Gasteiger partial charge in [-0.1, -0.05) is 52.0 Å². The molecule has 0 saturated heterocycles. The number of carbonyl (C=O) groups is 2. The smallest absolute Gasteiger partial charge is 0.239 e. The van der Waals surface area contributed by atoms with Gasteiger partial charge in [0, 0.05) is 0 Å². The summed E-state index contributed by atoms with van der Waals surface area (Å²) in [7, 11) is 0. The average Bonchev–Trinajstić information content (AvgIpc) is 2.50. The maximum atomic E-state index is 12.0. The molecule has 0 aliphatic carbocycles. The highest BCUT2D eigenvalue weighted by molar-refractivity contribution is 5.86. The van der Waals surface area contributed by atoms with Crippen molar-refractivity contribution in [2.75, 3.05) is 13.1 Å². The molecule has 6 heteroatoms. The Kier molecular flexibility index (Phi) is 9.53. The van der Waals surface area contributed by atoms with Gasteiger partial charge in [0.15, 0.2) is 0 Å². The van der Waals surface area contributed by atoms with E-state index in [2.05, 4.69) is 62.6 Å². The van der Waals surface area contributed by atoms with Gasteiger partial charge in [0.05, 0.1) is 19.1 Å². The number of hydrogen-bond donors (Lipinski definition) is 3. The van der Waals surface area contributed by atoms with Gasteiger partial charge < -0.3 is 16.4 Å². The second-order valence-corrected chi connectivity index (χ2v) is 6.09. The van der Waals surface area contributed by atoms with Crippen LogP contribution in [0.5, 0.6) is 0 Å². The fraction of sp³-hybridized carbons (Fsp3) is 0.529. The van der Waals surface area contributed by atoms with Gasteiger partial charge in [0.2, 0.25) is 11.8 Å². The van der Waals surface area contributed by atoms with E-state index in [-0.39, 0.29) is 49.3 Å². The number of amides is 2. The third kappa shape index (κ3) is 7.01. The Hall–Kier alpha value is -1.59. The lowest BCUT2D eigenvalue weighted by molar-refractivity contribution is -0.126. The van der Waals surface area contributed by atoms with E-state index in [9.17, 15) is 9.59 Å². The minimum atomic E-state index is -0.336. The molecule has 0 heterocycles. The van der Waals surface area contributed by atoms with E-state index in [1.165, 1.54) is 5.56 Å². The number of rotatable bonds is 7. The van der Waals surface area contributed by atoms with Crippen molar-refractivity contribution in [3.63, 3.8) is 0 Å². The van der Waals surface area contributed by atoms with E-state index in [1.54, 1.807) is 0 Å². The van der Waals surface area contributed by atoms with Gasteiger partial charge in [0.25, 0.3) is 0 Å². The molecule has 1 aromatic carbocycles. The predicted molar refractivity (Wildman–Crippen MR) is 95.6 cm³/mol. The molecule has 1 atom stereocenters. The van der Waals surface area contributed by atoms with Crippen LogP contribution in [-0.4, -0.2) is 24.9 Å². The first kappa shape index (κ1) is 21.4. The Bertz CT molecular complexity index is 501. The number of carbonyl (C=O) groups excluding carboxylic acids is 2. The van der Waals surface area contributed by atoms with Gasteiger partial charge in [-0.05, 0) is 23.0 Å². The Morgan fingerprint density at radius 2 is 1.52 bits per heavy atom. The van der Waals surface area contributed by atoms with E-state index in [1.807, 2.05) is 0 Å². The van der Waals surface area contributed by atoms with E-state index in [0.717, 1.165) is 5.56 Å². The van der Waals surface area contributed by atoms with Gasteiger partial charge in [-0.2, -0.15) is 0 Å². The molecule has 1 unspecified atom stereocenters. The lowest BCUT2D eigenvalue weighted by Crippen LogP contribution is -2.41. The standard InChI is InChI=1S/C17H27N3O2.ClH/c1-11(2)13-5-7-14(8-6-13)17(12(3)4)20-16(22)10-19-15(21)9-18;/h5-8,11-12,17H,9-10,18H2,1-4H3,(H,19,21)(H,20,22);1H. The van der Waals surface area contributed by atoms with E-state index >= 15 is 0 Å². The highest BCUT2D eigenvalue weighted by atomic mass is 35.5. The first-order valence-corrected chi connectivity index (χ1v) is 7.71. The van der Waals surface area contributed by atoms with Crippen LogP contribution >= 0.6 is 12.4 Å². The van der Waals surface area contributed by atoms with E-state index in [0.29, 0.717) is 5.92 Å². The van der Waals surface area contributed by atoms with Gasteiger partial charge in [-0.15, -0.1) is 12.4 Å². The summed E-state index contributed by atoms with van der Waals surface area (Å²) in [6, 6.07) is 8.22. The molecule has 0 fully saturated rings. The van der Waals surface area contributed by atoms with Crippen molar-refractivity contribution in [1.82, 2.24) is 10.6 Å². The molecular formula is C17H28ClN3O2. The molecule has 0 saturated carbocycles. The van der Waals surface area contributed by atoms with Gasteiger partial charge in [0.1, 0.15) is 0 Å². The Labute approximate surface area is 144 Å². The summed E-state index contributed by atoms with van der Waals surface area (Å²) in [5.41, 5.74) is 7.53. The van der Waals surface area contributed by atoms with Gasteiger partial charge >= 0.3 is 0 Å². The summed E-state index contributed by atoms with van der Waals surface area (Å²) < 4.78 is 0. The molecule has 2 amide bonds. The van der Waals surface area contributed by atoms with Crippen LogP contribution in [0.3, 0.4) is 0 Å². The van der Waals surface area contributed by atoms with Crippen LogP contribution in [0.25, 0.3) is 0 Å². The molecule has 4 N–H and O–H groups in total. The van der Waals surface area contributed by atoms with Crippen molar-refractivity contribution in [1.29, 1.82) is 0 Å². The molecular weight excluding hydrogens is 314 g/mol. The van der Waals surface area contributed by atoms with Crippen molar-refractivity contribution in [2.24, 2.45) is 11.7 Å². The number of benzene rings is 1. The largest absolute Gasteiger partial charge is 0.348 e. The van der Waals surface area contributed by atoms with Gasteiger partial charge in [-0.3, -0.25) is 9.59 Å². The molecule has 0 bridgehead atoms. The minimum Gasteiger partial charge on any atom is -0.348 e. The monoisotopic (exact) mass is 341 g/mol. The second-order valence-electron chi connectivity index (χ2n) is 6.09. The highest BCUT2D eigenvalue weighted by Gasteiger charge is 2.18.